The van der Waals surface area contributed by atoms with Crippen LogP contribution in [0.3, 0.4) is 0 Å². The molecule has 1 aromatic heterocycles. The Kier molecular flexibility index (Phi) is 4.54. The molecule has 10 heteroatoms. The lowest BCUT2D eigenvalue weighted by atomic mass is 9.99. The minimum atomic E-state index is -1.73. The molecule has 136 valence electrons. The third-order valence-electron chi connectivity index (χ3n) is 3.90. The second kappa shape index (κ2) is 6.50. The van der Waals surface area contributed by atoms with Crippen molar-refractivity contribution in [2.24, 2.45) is 0 Å². The zero-order valence-electron chi connectivity index (χ0n) is 12.6. The predicted octanol–water partition coefficient (Wildman–Crippen LogP) is -1.62. The van der Waals surface area contributed by atoms with Gasteiger partial charge < -0.3 is 44.5 Å². The summed E-state index contributed by atoms with van der Waals surface area (Å²) in [5.41, 5.74) is -1.25. The zero-order valence-corrected chi connectivity index (χ0v) is 12.6. The van der Waals surface area contributed by atoms with Gasteiger partial charge in [-0.15, -0.1) is 0 Å². The Morgan fingerprint density at radius 3 is 2.48 bits per heavy atom. The van der Waals surface area contributed by atoms with E-state index in [-0.39, 0.29) is 16.7 Å². The standard InChI is InChI=1S/C15H16O10/c16-4-8-9(18)10(19)11(20)15(24-8)25-13-6-2-1-5(17)3-7(6)23-14(22)12(13)21/h1-3,8-11,15-21H,4H2/t8-,9+,10+,11-,15+/m1/s1. The number of aliphatic hydroxyl groups is 4. The largest absolute Gasteiger partial charge is 0.508 e. The van der Waals surface area contributed by atoms with E-state index in [0.29, 0.717) is 0 Å². The molecule has 1 aromatic carbocycles. The molecular weight excluding hydrogens is 340 g/mol. The maximum Gasteiger partial charge on any atom is 0.382 e. The highest BCUT2D eigenvalue weighted by atomic mass is 16.7. The minimum absolute atomic E-state index is 0.0897. The van der Waals surface area contributed by atoms with Crippen LogP contribution in [0.15, 0.2) is 27.4 Å². The summed E-state index contributed by atoms with van der Waals surface area (Å²) >= 11 is 0. The van der Waals surface area contributed by atoms with Gasteiger partial charge in [0.1, 0.15) is 35.7 Å². The van der Waals surface area contributed by atoms with Crippen molar-refractivity contribution in [3.63, 3.8) is 0 Å². The van der Waals surface area contributed by atoms with Crippen LogP contribution in [-0.2, 0) is 4.74 Å². The molecule has 0 spiro atoms. The van der Waals surface area contributed by atoms with Crippen molar-refractivity contribution in [2.45, 2.75) is 30.7 Å². The van der Waals surface area contributed by atoms with Crippen LogP contribution in [-0.4, -0.2) is 68.0 Å². The van der Waals surface area contributed by atoms with Gasteiger partial charge in [-0.1, -0.05) is 0 Å². The van der Waals surface area contributed by atoms with Crippen LogP contribution < -0.4 is 10.4 Å². The fourth-order valence-corrected chi connectivity index (χ4v) is 2.55. The van der Waals surface area contributed by atoms with Gasteiger partial charge in [0, 0.05) is 6.07 Å². The quantitative estimate of drug-likeness (QED) is 0.351. The van der Waals surface area contributed by atoms with Gasteiger partial charge in [-0.25, -0.2) is 4.79 Å². The second-order valence-electron chi connectivity index (χ2n) is 5.56. The maximum absolute atomic E-state index is 11.7. The highest BCUT2D eigenvalue weighted by molar-refractivity contribution is 5.86. The zero-order chi connectivity index (χ0) is 18.3. The number of hydrogen-bond acceptors (Lipinski definition) is 10. The molecule has 1 aliphatic heterocycles. The number of aromatic hydroxyl groups is 2. The van der Waals surface area contributed by atoms with E-state index in [1.165, 1.54) is 12.1 Å². The second-order valence-corrected chi connectivity index (χ2v) is 5.56. The van der Waals surface area contributed by atoms with E-state index in [4.69, 9.17) is 13.9 Å². The van der Waals surface area contributed by atoms with Crippen molar-refractivity contribution >= 4 is 11.0 Å². The SMILES string of the molecule is O=c1oc2cc(O)ccc2c(O[C@@H]2O[C@H](CO)[C@H](O)[C@H](O)[C@H]2O)c1O. The van der Waals surface area contributed by atoms with E-state index in [2.05, 4.69) is 0 Å². The van der Waals surface area contributed by atoms with E-state index < -0.39 is 54.4 Å². The Morgan fingerprint density at radius 2 is 1.80 bits per heavy atom. The van der Waals surface area contributed by atoms with Crippen molar-refractivity contribution in [1.82, 2.24) is 0 Å². The fourth-order valence-electron chi connectivity index (χ4n) is 2.55. The number of benzene rings is 1. The van der Waals surface area contributed by atoms with Crippen molar-refractivity contribution in [1.29, 1.82) is 0 Å². The lowest BCUT2D eigenvalue weighted by Crippen LogP contribution is -2.60. The molecule has 0 bridgehead atoms. The lowest BCUT2D eigenvalue weighted by molar-refractivity contribution is -0.277. The summed E-state index contributed by atoms with van der Waals surface area (Å²) in [6.07, 6.45) is -7.81. The topological polar surface area (TPSA) is 170 Å². The molecule has 6 N–H and O–H groups in total. The van der Waals surface area contributed by atoms with Crippen molar-refractivity contribution in [3.8, 4) is 17.2 Å². The smallest absolute Gasteiger partial charge is 0.382 e. The van der Waals surface area contributed by atoms with Crippen molar-refractivity contribution < 1.29 is 44.5 Å². The molecule has 0 saturated carbocycles. The van der Waals surface area contributed by atoms with E-state index >= 15 is 0 Å². The minimum Gasteiger partial charge on any atom is -0.508 e. The van der Waals surface area contributed by atoms with Crippen LogP contribution in [0.4, 0.5) is 0 Å². The molecule has 10 nitrogen and oxygen atoms in total. The Balaban J connectivity index is 2.02. The summed E-state index contributed by atoms with van der Waals surface area (Å²) in [5, 5.41) is 58.2. The summed E-state index contributed by atoms with van der Waals surface area (Å²) in [7, 11) is 0. The molecular formula is C15H16O10. The Morgan fingerprint density at radius 1 is 1.08 bits per heavy atom. The summed E-state index contributed by atoms with van der Waals surface area (Å²) in [4.78, 5) is 11.7. The van der Waals surface area contributed by atoms with Crippen LogP contribution in [0.25, 0.3) is 11.0 Å². The molecule has 5 atom stereocenters. The number of rotatable bonds is 3. The van der Waals surface area contributed by atoms with Gasteiger partial charge in [0.15, 0.2) is 5.75 Å². The number of ether oxygens (including phenoxy) is 2. The molecule has 1 fully saturated rings. The third-order valence-corrected chi connectivity index (χ3v) is 3.90. The molecule has 3 rings (SSSR count). The summed E-state index contributed by atoms with van der Waals surface area (Å²) < 4.78 is 15.3. The highest BCUT2D eigenvalue weighted by Crippen LogP contribution is 2.35. The normalized spacial score (nSPS) is 29.7. The van der Waals surface area contributed by atoms with Crippen LogP contribution in [0, 0.1) is 0 Å². The predicted molar refractivity (Wildman–Crippen MR) is 80.2 cm³/mol. The number of phenols is 1. The van der Waals surface area contributed by atoms with Gasteiger partial charge in [-0.2, -0.15) is 0 Å². The summed E-state index contributed by atoms with van der Waals surface area (Å²) in [5.74, 6) is -1.51. The summed E-state index contributed by atoms with van der Waals surface area (Å²) in [6.45, 7) is -0.664. The van der Waals surface area contributed by atoms with Crippen LogP contribution >= 0.6 is 0 Å². The number of hydrogen-bond donors (Lipinski definition) is 6. The fraction of sp³-hybridized carbons (Fsp3) is 0.400. The van der Waals surface area contributed by atoms with Crippen LogP contribution in [0.5, 0.6) is 17.2 Å². The number of aliphatic hydroxyl groups excluding tert-OH is 4. The van der Waals surface area contributed by atoms with E-state index in [0.717, 1.165) is 6.07 Å². The molecule has 25 heavy (non-hydrogen) atoms. The van der Waals surface area contributed by atoms with Crippen LogP contribution in [0.1, 0.15) is 0 Å². The van der Waals surface area contributed by atoms with Crippen molar-refractivity contribution in [3.05, 3.63) is 28.6 Å². The van der Waals surface area contributed by atoms with Gasteiger partial charge in [-0.05, 0) is 12.1 Å². The first-order valence-electron chi connectivity index (χ1n) is 7.29. The Bertz CT molecular complexity index is 829. The van der Waals surface area contributed by atoms with Crippen molar-refractivity contribution in [2.75, 3.05) is 6.61 Å². The van der Waals surface area contributed by atoms with E-state index in [1.807, 2.05) is 0 Å². The monoisotopic (exact) mass is 356 g/mol. The Hall–Kier alpha value is -2.37. The lowest BCUT2D eigenvalue weighted by Gasteiger charge is -2.39. The first-order valence-corrected chi connectivity index (χ1v) is 7.29. The molecule has 2 aromatic rings. The molecule has 1 aliphatic rings. The third kappa shape index (κ3) is 3.01. The average molecular weight is 356 g/mol. The van der Waals surface area contributed by atoms with Gasteiger partial charge in [-0.3, -0.25) is 0 Å². The van der Waals surface area contributed by atoms with E-state index in [9.17, 15) is 35.4 Å². The van der Waals surface area contributed by atoms with Gasteiger partial charge in [0.25, 0.3) is 0 Å². The van der Waals surface area contributed by atoms with Gasteiger partial charge in [0.05, 0.1) is 12.0 Å². The molecule has 0 amide bonds. The van der Waals surface area contributed by atoms with Crippen LogP contribution in [0.2, 0.25) is 0 Å². The van der Waals surface area contributed by atoms with Gasteiger partial charge >= 0.3 is 5.63 Å². The number of fused-ring (bicyclic) bond motifs is 1. The number of phenolic OH excluding ortho intramolecular Hbond substituents is 1. The molecule has 1 saturated heterocycles. The Labute approximate surface area is 139 Å². The highest BCUT2D eigenvalue weighted by Gasteiger charge is 2.45. The molecule has 0 radical (unpaired) electrons. The summed E-state index contributed by atoms with van der Waals surface area (Å²) in [6, 6.07) is 3.67. The first-order chi connectivity index (χ1) is 11.8. The molecule has 2 heterocycles. The first kappa shape index (κ1) is 17.5. The van der Waals surface area contributed by atoms with E-state index in [1.54, 1.807) is 0 Å². The maximum atomic E-state index is 11.7. The molecule has 0 unspecified atom stereocenters. The average Bonchev–Trinajstić information content (AvgIpc) is 2.58. The van der Waals surface area contributed by atoms with Gasteiger partial charge in [0.2, 0.25) is 12.0 Å². The molecule has 0 aliphatic carbocycles.